The molecule has 0 saturated heterocycles. The van der Waals surface area contributed by atoms with Crippen LogP contribution in [0.2, 0.25) is 0 Å². The Hall–Kier alpha value is -3.51. The van der Waals surface area contributed by atoms with Crippen molar-refractivity contribution < 1.29 is 34.2 Å². The lowest BCUT2D eigenvalue weighted by molar-refractivity contribution is -0.142. The number of benzene rings is 1. The second kappa shape index (κ2) is 16.3. The van der Waals surface area contributed by atoms with Crippen LogP contribution in [0.3, 0.4) is 0 Å². The highest BCUT2D eigenvalue weighted by Crippen LogP contribution is 2.11. The average molecular weight is 522 g/mol. The summed E-state index contributed by atoms with van der Waals surface area (Å²) in [6.45, 7) is 3.92. The highest BCUT2D eigenvalue weighted by Gasteiger charge is 2.32. The molecule has 0 aliphatic rings. The van der Waals surface area contributed by atoms with Crippen LogP contribution in [-0.4, -0.2) is 70.6 Å². The average Bonchev–Trinajstić information content (AvgIpc) is 2.85. The lowest BCUT2D eigenvalue weighted by Crippen LogP contribution is -2.59. The van der Waals surface area contributed by atoms with Crippen molar-refractivity contribution in [1.29, 1.82) is 0 Å². The summed E-state index contributed by atoms with van der Waals surface area (Å²) in [7, 11) is 0. The van der Waals surface area contributed by atoms with Gasteiger partial charge in [0.15, 0.2) is 0 Å². The van der Waals surface area contributed by atoms with Gasteiger partial charge in [0.2, 0.25) is 17.7 Å². The van der Waals surface area contributed by atoms with Crippen LogP contribution in [0.4, 0.5) is 0 Å². The molecule has 1 aromatic rings. The number of aliphatic carboxylic acids is 2. The van der Waals surface area contributed by atoms with Crippen molar-refractivity contribution in [2.24, 2.45) is 17.4 Å². The largest absolute Gasteiger partial charge is 0.481 e. The number of carboxylic acid groups (broad SMARTS) is 2. The molecule has 5 unspecified atom stereocenters. The maximum absolute atomic E-state index is 13.3. The van der Waals surface area contributed by atoms with E-state index in [2.05, 4.69) is 16.0 Å². The molecule has 1 rings (SSSR count). The molecular weight excluding hydrogens is 482 g/mol. The van der Waals surface area contributed by atoms with Gasteiger partial charge in [0.1, 0.15) is 18.1 Å². The van der Waals surface area contributed by atoms with Crippen LogP contribution in [0.25, 0.3) is 0 Å². The first-order valence-electron chi connectivity index (χ1n) is 12.3. The monoisotopic (exact) mass is 521 g/mol. The minimum absolute atomic E-state index is 0.0766. The van der Waals surface area contributed by atoms with Crippen molar-refractivity contribution >= 4 is 29.7 Å². The van der Waals surface area contributed by atoms with Gasteiger partial charge in [-0.1, -0.05) is 50.6 Å². The van der Waals surface area contributed by atoms with Crippen molar-refractivity contribution in [3.05, 3.63) is 35.9 Å². The molecule has 0 aromatic heterocycles. The number of carbonyl (C=O) groups excluding carboxylic acids is 3. The summed E-state index contributed by atoms with van der Waals surface area (Å²) >= 11 is 0. The number of hydrogen-bond donors (Lipinski definition) is 7. The number of carbonyl (C=O) groups is 5. The summed E-state index contributed by atoms with van der Waals surface area (Å²) in [6.07, 6.45) is 1.24. The summed E-state index contributed by atoms with van der Waals surface area (Å²) < 4.78 is 0. The predicted octanol–water partition coefficient (Wildman–Crippen LogP) is -0.255. The van der Waals surface area contributed by atoms with Crippen molar-refractivity contribution in [2.45, 2.75) is 76.5 Å². The van der Waals surface area contributed by atoms with Crippen molar-refractivity contribution in [2.75, 3.05) is 6.54 Å². The van der Waals surface area contributed by atoms with E-state index in [0.29, 0.717) is 25.8 Å². The zero-order chi connectivity index (χ0) is 28.0. The third kappa shape index (κ3) is 11.4. The van der Waals surface area contributed by atoms with Gasteiger partial charge in [-0.2, -0.15) is 0 Å². The molecule has 0 spiro atoms. The van der Waals surface area contributed by atoms with Gasteiger partial charge in [0.25, 0.3) is 0 Å². The van der Waals surface area contributed by atoms with Crippen LogP contribution in [0.5, 0.6) is 0 Å². The van der Waals surface area contributed by atoms with Gasteiger partial charge in [0, 0.05) is 6.42 Å². The number of unbranched alkanes of at least 4 members (excludes halogenated alkanes) is 1. The fourth-order valence-electron chi connectivity index (χ4n) is 3.59. The fourth-order valence-corrected chi connectivity index (χ4v) is 3.59. The quantitative estimate of drug-likeness (QED) is 0.134. The molecule has 0 bridgehead atoms. The standard InChI is InChI=1S/C25H39N5O7/c1-3-15(2)21(30-22(33)17(27)14-20(31)32)24(35)29-19(13-16-9-5-4-6-10-16)23(34)28-18(25(36)37)11-7-8-12-26/h4-6,9-10,15,17-19,21H,3,7-8,11-14,26-27H2,1-2H3,(H,28,34)(H,29,35)(H,30,33)(H,31,32)(H,36,37). The lowest BCUT2D eigenvalue weighted by atomic mass is 9.96. The van der Waals surface area contributed by atoms with E-state index >= 15 is 0 Å². The van der Waals surface area contributed by atoms with Gasteiger partial charge in [-0.05, 0) is 37.3 Å². The number of nitrogens with one attached hydrogen (secondary N) is 3. The topological polar surface area (TPSA) is 214 Å². The second-order valence-electron chi connectivity index (χ2n) is 9.01. The Morgan fingerprint density at radius 1 is 0.892 bits per heavy atom. The van der Waals surface area contributed by atoms with Crippen molar-refractivity contribution in [3.63, 3.8) is 0 Å². The molecule has 0 aliphatic carbocycles. The van der Waals surface area contributed by atoms with E-state index in [0.717, 1.165) is 5.56 Å². The predicted molar refractivity (Wildman–Crippen MR) is 136 cm³/mol. The molecule has 3 amide bonds. The molecular formula is C25H39N5O7. The zero-order valence-corrected chi connectivity index (χ0v) is 21.3. The van der Waals surface area contributed by atoms with E-state index in [9.17, 15) is 29.1 Å². The zero-order valence-electron chi connectivity index (χ0n) is 21.3. The third-order valence-electron chi connectivity index (χ3n) is 6.00. The van der Waals surface area contributed by atoms with Crippen LogP contribution in [0.1, 0.15) is 51.5 Å². The van der Waals surface area contributed by atoms with Gasteiger partial charge in [0.05, 0.1) is 12.5 Å². The number of nitrogens with two attached hydrogens (primary N) is 2. The number of carboxylic acids is 2. The maximum Gasteiger partial charge on any atom is 0.326 e. The Kier molecular flexibility index (Phi) is 13.9. The van der Waals surface area contributed by atoms with E-state index in [1.165, 1.54) is 0 Å². The minimum atomic E-state index is -1.36. The molecule has 37 heavy (non-hydrogen) atoms. The van der Waals surface area contributed by atoms with Gasteiger partial charge < -0.3 is 37.6 Å². The van der Waals surface area contributed by atoms with E-state index in [4.69, 9.17) is 16.6 Å². The van der Waals surface area contributed by atoms with Gasteiger partial charge in [-0.25, -0.2) is 4.79 Å². The van der Waals surface area contributed by atoms with E-state index in [1.807, 2.05) is 0 Å². The summed E-state index contributed by atoms with van der Waals surface area (Å²) in [5, 5.41) is 26.1. The Morgan fingerprint density at radius 2 is 1.51 bits per heavy atom. The van der Waals surface area contributed by atoms with Crippen LogP contribution in [0.15, 0.2) is 30.3 Å². The lowest BCUT2D eigenvalue weighted by Gasteiger charge is -2.28. The first-order valence-corrected chi connectivity index (χ1v) is 12.3. The molecule has 0 heterocycles. The van der Waals surface area contributed by atoms with E-state index in [1.54, 1.807) is 44.2 Å². The molecule has 1 aromatic carbocycles. The van der Waals surface area contributed by atoms with Crippen LogP contribution in [-0.2, 0) is 30.4 Å². The normalized spacial score (nSPS) is 14.9. The molecule has 206 valence electrons. The molecule has 9 N–H and O–H groups in total. The molecule has 12 nitrogen and oxygen atoms in total. The minimum Gasteiger partial charge on any atom is -0.481 e. The highest BCUT2D eigenvalue weighted by atomic mass is 16.4. The number of amides is 3. The summed E-state index contributed by atoms with van der Waals surface area (Å²) in [6, 6.07) is 4.12. The van der Waals surface area contributed by atoms with Gasteiger partial charge in [-0.3, -0.25) is 19.2 Å². The Labute approximate surface area is 216 Å². The molecule has 0 saturated carbocycles. The SMILES string of the molecule is CCC(C)C(NC(=O)C(N)CC(=O)O)C(=O)NC(Cc1ccccc1)C(=O)NC(CCCCN)C(=O)O. The molecule has 0 aliphatic heterocycles. The summed E-state index contributed by atoms with van der Waals surface area (Å²) in [5.74, 6) is -4.99. The Morgan fingerprint density at radius 3 is 2.05 bits per heavy atom. The number of rotatable bonds is 17. The van der Waals surface area contributed by atoms with Crippen molar-refractivity contribution in [3.8, 4) is 0 Å². The first-order chi connectivity index (χ1) is 17.5. The smallest absolute Gasteiger partial charge is 0.326 e. The first kappa shape index (κ1) is 31.5. The summed E-state index contributed by atoms with van der Waals surface area (Å²) in [4.78, 5) is 61.5. The Balaban J connectivity index is 3.12. The van der Waals surface area contributed by atoms with E-state index in [-0.39, 0.29) is 18.8 Å². The van der Waals surface area contributed by atoms with Gasteiger partial charge >= 0.3 is 11.9 Å². The van der Waals surface area contributed by atoms with Crippen LogP contribution < -0.4 is 27.4 Å². The molecule has 0 fully saturated rings. The maximum atomic E-state index is 13.3. The number of hydrogen-bond acceptors (Lipinski definition) is 7. The Bertz CT molecular complexity index is 912. The summed E-state index contributed by atoms with van der Waals surface area (Å²) in [5.41, 5.74) is 11.8. The molecule has 5 atom stereocenters. The molecule has 0 radical (unpaired) electrons. The van der Waals surface area contributed by atoms with Gasteiger partial charge in [-0.15, -0.1) is 0 Å². The fraction of sp³-hybridized carbons (Fsp3) is 0.560. The van der Waals surface area contributed by atoms with Crippen LogP contribution >= 0.6 is 0 Å². The third-order valence-corrected chi connectivity index (χ3v) is 6.00. The molecule has 12 heteroatoms. The van der Waals surface area contributed by atoms with Crippen molar-refractivity contribution in [1.82, 2.24) is 16.0 Å². The van der Waals surface area contributed by atoms with Crippen LogP contribution in [0, 0.1) is 5.92 Å². The second-order valence-corrected chi connectivity index (χ2v) is 9.01. The van der Waals surface area contributed by atoms with E-state index < -0.39 is 60.2 Å². The highest BCUT2D eigenvalue weighted by molar-refractivity contribution is 5.95.